The van der Waals surface area contributed by atoms with Crippen molar-refractivity contribution < 1.29 is 28.1 Å². The van der Waals surface area contributed by atoms with E-state index in [0.29, 0.717) is 55.8 Å². The summed E-state index contributed by atoms with van der Waals surface area (Å²) in [7, 11) is -2.61. The average molecular weight is 872 g/mol. The molecule has 4 fully saturated rings. The second kappa shape index (κ2) is 19.3. The summed E-state index contributed by atoms with van der Waals surface area (Å²) in [6, 6.07) is 15.6. The van der Waals surface area contributed by atoms with Crippen molar-refractivity contribution in [2.24, 2.45) is 17.3 Å². The molecule has 0 radical (unpaired) electrons. The topological polar surface area (TPSA) is 125 Å². The van der Waals surface area contributed by atoms with Crippen LogP contribution in [0.5, 0.6) is 0 Å². The Bertz CT molecular complexity index is 1870. The molecule has 1 aliphatic heterocycles. The van der Waals surface area contributed by atoms with Gasteiger partial charge >= 0.3 is 13.1 Å². The van der Waals surface area contributed by atoms with E-state index >= 15 is 0 Å². The number of ether oxygens (including phenoxy) is 1. The molecule has 61 heavy (non-hydrogen) atoms. The van der Waals surface area contributed by atoms with E-state index in [1.165, 1.54) is 6.42 Å². The monoisotopic (exact) mass is 871 g/mol. The summed E-state index contributed by atoms with van der Waals surface area (Å²) >= 11 is 1.76. The predicted octanol–water partition coefficient (Wildman–Crippen LogP) is 9.08. The molecule has 4 heterocycles. The minimum atomic E-state index is -2.21. The van der Waals surface area contributed by atoms with Gasteiger partial charge in [-0.1, -0.05) is 46.8 Å². The zero-order chi connectivity index (χ0) is 44.2. The summed E-state index contributed by atoms with van der Waals surface area (Å²) in [6.45, 7) is 26.2. The number of rotatable bonds is 19. The molecule has 14 heteroatoms. The molecule has 0 spiro atoms. The SMILES string of the molecule is CC(C)(C)OC(=O)C[C@H](CC[C@H](SCCNC(=O)c1ccc(CN(Cc2ccccn2)Cc2ccccn2)nc1)B1O[C@@H]2C[C@@H]3C[C@@H](C3(C)C)[C@]2(C)O1)O[Si](C)(C)C(C)(C)C. The number of thioether (sulfide) groups is 1. The zero-order valence-electron chi connectivity index (χ0n) is 38.5. The number of nitrogens with zero attached hydrogens (tertiary/aromatic N) is 4. The van der Waals surface area contributed by atoms with Crippen LogP contribution in [0.3, 0.4) is 0 Å². The summed E-state index contributed by atoms with van der Waals surface area (Å²) in [5, 5.41) is 3.08. The normalized spacial score (nSPS) is 23.2. The van der Waals surface area contributed by atoms with Gasteiger partial charge in [0.1, 0.15) is 5.60 Å². The van der Waals surface area contributed by atoms with Crippen molar-refractivity contribution in [2.45, 2.75) is 161 Å². The molecule has 0 aromatic carbocycles. The summed E-state index contributed by atoms with van der Waals surface area (Å²) in [5.74, 6) is 1.36. The highest BCUT2D eigenvalue weighted by Gasteiger charge is 2.68. The van der Waals surface area contributed by atoms with Crippen molar-refractivity contribution in [2.75, 3.05) is 12.3 Å². The molecule has 7 rings (SSSR count). The van der Waals surface area contributed by atoms with Crippen LogP contribution in [0.1, 0.15) is 122 Å². The van der Waals surface area contributed by atoms with Gasteiger partial charge in [0.05, 0.1) is 46.9 Å². The van der Waals surface area contributed by atoms with Gasteiger partial charge in [-0.2, -0.15) is 11.8 Å². The Hall–Kier alpha value is -3.14. The third-order valence-electron chi connectivity index (χ3n) is 13.5. The standard InChI is InChI=1S/C47H70BN5O6SSi/c1-44(2,3)56-42(54)28-38(58-61(10,11)45(4,5)6)20-21-41(48-57-40-27-34-26-39(46(34,7)8)47(40,9)59-48)60-25-24-51-43(55)33-18-19-37(52-29-33)32-53(30-35-16-12-14-22-49-35)31-36-17-13-15-23-50-36/h12-19,22-23,29,34,38-41H,20-21,24-28,30-32H2,1-11H3,(H,51,55)/t34-,38-,39-,40+,41-,47-/m0/s1. The number of aromatic nitrogens is 3. The summed E-state index contributed by atoms with van der Waals surface area (Å²) in [5.41, 5.74) is 2.63. The quantitative estimate of drug-likeness (QED) is 0.0705. The number of pyridine rings is 3. The van der Waals surface area contributed by atoms with Gasteiger partial charge in [-0.15, -0.1) is 0 Å². The molecule has 4 aliphatic rings. The number of carbonyl (C=O) groups excluding carboxylic acids is 2. The van der Waals surface area contributed by atoms with Crippen LogP contribution >= 0.6 is 11.8 Å². The molecule has 1 N–H and O–H groups in total. The molecule has 11 nitrogen and oxygen atoms in total. The molecule has 332 valence electrons. The highest BCUT2D eigenvalue weighted by atomic mass is 32.2. The molecule has 3 aliphatic carbocycles. The number of amides is 1. The van der Waals surface area contributed by atoms with Gasteiger partial charge in [0.15, 0.2) is 8.32 Å². The molecule has 3 saturated carbocycles. The number of hydrogen-bond donors (Lipinski definition) is 1. The molecular weight excluding hydrogens is 802 g/mol. The number of hydrogen-bond acceptors (Lipinski definition) is 11. The van der Waals surface area contributed by atoms with Gasteiger partial charge < -0.3 is 23.8 Å². The Morgan fingerprint density at radius 1 is 0.918 bits per heavy atom. The first-order valence-corrected chi connectivity index (χ1v) is 26.2. The number of carbonyl (C=O) groups is 2. The second-order valence-corrected chi connectivity index (χ2v) is 26.8. The third kappa shape index (κ3) is 12.1. The first kappa shape index (κ1) is 47.3. The van der Waals surface area contributed by atoms with Gasteiger partial charge in [0.25, 0.3) is 5.91 Å². The lowest BCUT2D eigenvalue weighted by atomic mass is 9.43. The van der Waals surface area contributed by atoms with Crippen molar-refractivity contribution in [3.8, 4) is 0 Å². The first-order valence-electron chi connectivity index (χ1n) is 22.2. The van der Waals surface area contributed by atoms with Gasteiger partial charge in [-0.3, -0.25) is 29.4 Å². The molecule has 2 bridgehead atoms. The Labute approximate surface area is 370 Å². The third-order valence-corrected chi connectivity index (χ3v) is 19.4. The minimum absolute atomic E-state index is 0.0164. The van der Waals surface area contributed by atoms with Crippen molar-refractivity contribution in [3.05, 3.63) is 89.8 Å². The fraction of sp³-hybridized carbons (Fsp3) is 0.638. The minimum Gasteiger partial charge on any atom is -0.460 e. The summed E-state index contributed by atoms with van der Waals surface area (Å²) < 4.78 is 26.6. The van der Waals surface area contributed by atoms with Crippen LogP contribution in [0.4, 0.5) is 0 Å². The molecule has 1 saturated heterocycles. The number of esters is 1. The van der Waals surface area contributed by atoms with Crippen molar-refractivity contribution in [1.29, 1.82) is 0 Å². The summed E-state index contributed by atoms with van der Waals surface area (Å²) in [6.07, 6.45) is 8.82. The Kier molecular flexibility index (Phi) is 15.0. The molecule has 6 atom stereocenters. The van der Waals surface area contributed by atoms with E-state index in [9.17, 15) is 9.59 Å². The van der Waals surface area contributed by atoms with Crippen LogP contribution < -0.4 is 5.32 Å². The lowest BCUT2D eigenvalue weighted by Crippen LogP contribution is -2.65. The van der Waals surface area contributed by atoms with Crippen molar-refractivity contribution in [3.63, 3.8) is 0 Å². The maximum Gasteiger partial charge on any atom is 0.471 e. The van der Waals surface area contributed by atoms with Crippen LogP contribution in [0.15, 0.2) is 67.1 Å². The largest absolute Gasteiger partial charge is 0.471 e. The Balaban J connectivity index is 1.09. The molecular formula is C47H70BN5O6SSi. The lowest BCUT2D eigenvalue weighted by Gasteiger charge is -2.64. The van der Waals surface area contributed by atoms with Crippen LogP contribution in [0.25, 0.3) is 0 Å². The van der Waals surface area contributed by atoms with E-state index in [1.54, 1.807) is 30.4 Å². The maximum atomic E-state index is 13.4. The van der Waals surface area contributed by atoms with Gasteiger partial charge in [-0.25, -0.2) is 0 Å². The average Bonchev–Trinajstić information content (AvgIpc) is 3.54. The number of nitrogens with one attached hydrogen (secondary N) is 1. The van der Waals surface area contributed by atoms with E-state index in [-0.39, 0.29) is 51.7 Å². The van der Waals surface area contributed by atoms with Gasteiger partial charge in [-0.05, 0) is 125 Å². The van der Waals surface area contributed by atoms with Crippen LogP contribution in [0, 0.1) is 17.3 Å². The highest BCUT2D eigenvalue weighted by Crippen LogP contribution is 2.66. The van der Waals surface area contributed by atoms with Crippen molar-refractivity contribution >= 4 is 39.1 Å². The Morgan fingerprint density at radius 2 is 1.56 bits per heavy atom. The maximum absolute atomic E-state index is 13.4. The molecule has 0 unspecified atom stereocenters. The van der Waals surface area contributed by atoms with E-state index in [0.717, 1.165) is 29.9 Å². The second-order valence-electron chi connectivity index (χ2n) is 20.7. The molecule has 3 aromatic heterocycles. The summed E-state index contributed by atoms with van der Waals surface area (Å²) in [4.78, 5) is 42.6. The molecule has 3 aromatic rings. The zero-order valence-corrected chi connectivity index (χ0v) is 40.3. The van der Waals surface area contributed by atoms with E-state index in [1.807, 2.05) is 69.3 Å². The van der Waals surface area contributed by atoms with Crippen molar-refractivity contribution in [1.82, 2.24) is 25.2 Å². The first-order chi connectivity index (χ1) is 28.6. The fourth-order valence-corrected chi connectivity index (χ4v) is 11.5. The lowest BCUT2D eigenvalue weighted by molar-refractivity contribution is -0.199. The van der Waals surface area contributed by atoms with Crippen LogP contribution in [-0.4, -0.2) is 88.0 Å². The predicted molar refractivity (Wildman–Crippen MR) is 246 cm³/mol. The van der Waals surface area contributed by atoms with E-state index in [4.69, 9.17) is 23.5 Å². The highest BCUT2D eigenvalue weighted by molar-refractivity contribution is 8.01. The van der Waals surface area contributed by atoms with Gasteiger partial charge in [0, 0.05) is 55.7 Å². The Morgan fingerprint density at radius 3 is 2.10 bits per heavy atom. The smallest absolute Gasteiger partial charge is 0.460 e. The van der Waals surface area contributed by atoms with Gasteiger partial charge in [0.2, 0.25) is 0 Å². The van der Waals surface area contributed by atoms with Crippen LogP contribution in [-0.2, 0) is 42.9 Å². The fourth-order valence-electron chi connectivity index (χ4n) is 9.04. The van der Waals surface area contributed by atoms with E-state index in [2.05, 4.69) is 74.8 Å². The van der Waals surface area contributed by atoms with Crippen LogP contribution in [0.2, 0.25) is 18.1 Å². The molecule has 1 amide bonds. The van der Waals surface area contributed by atoms with E-state index < -0.39 is 21.0 Å².